The summed E-state index contributed by atoms with van der Waals surface area (Å²) in [5.41, 5.74) is 4.11. The Labute approximate surface area is 186 Å². The highest BCUT2D eigenvalue weighted by Crippen LogP contribution is 2.26. The van der Waals surface area contributed by atoms with Gasteiger partial charge in [0.1, 0.15) is 0 Å². The minimum Gasteiger partial charge on any atom is -0.352 e. The Morgan fingerprint density at radius 2 is 1.84 bits per heavy atom. The van der Waals surface area contributed by atoms with Crippen LogP contribution in [0.5, 0.6) is 0 Å². The summed E-state index contributed by atoms with van der Waals surface area (Å²) in [5, 5.41) is 7.97. The summed E-state index contributed by atoms with van der Waals surface area (Å²) in [7, 11) is 3.87. The van der Waals surface area contributed by atoms with Crippen LogP contribution in [-0.4, -0.2) is 83.3 Å². The van der Waals surface area contributed by atoms with E-state index in [1.165, 1.54) is 29.8 Å². The van der Waals surface area contributed by atoms with Gasteiger partial charge < -0.3 is 15.1 Å². The van der Waals surface area contributed by atoms with Crippen molar-refractivity contribution in [3.05, 3.63) is 53.3 Å². The van der Waals surface area contributed by atoms with Gasteiger partial charge in [-0.15, -0.1) is 0 Å². The summed E-state index contributed by atoms with van der Waals surface area (Å²) < 4.78 is 1.89. The molecule has 2 aromatic rings. The number of rotatable bonds is 6. The maximum atomic E-state index is 4.58. The molecule has 2 aliphatic rings. The predicted molar refractivity (Wildman–Crippen MR) is 126 cm³/mol. The van der Waals surface area contributed by atoms with Crippen LogP contribution in [0.1, 0.15) is 36.0 Å². The first kappa shape index (κ1) is 21.8. The van der Waals surface area contributed by atoms with E-state index in [9.17, 15) is 0 Å². The van der Waals surface area contributed by atoms with E-state index in [1.54, 1.807) is 0 Å². The molecule has 1 aromatic heterocycles. The average Bonchev–Trinajstić information content (AvgIpc) is 3.45. The SMILES string of the molecule is CCN1CCN(Cc2ccccc2CNC(=NC)N2CCC(c3cnn(C)c3)C2)CC1. The molecule has 7 nitrogen and oxygen atoms in total. The first-order valence-corrected chi connectivity index (χ1v) is 11.6. The molecule has 3 heterocycles. The number of aliphatic imine (C=N–C) groups is 1. The van der Waals surface area contributed by atoms with Gasteiger partial charge in [-0.1, -0.05) is 31.2 Å². The zero-order chi connectivity index (χ0) is 21.6. The molecule has 0 radical (unpaired) electrons. The van der Waals surface area contributed by atoms with E-state index in [1.807, 2.05) is 25.0 Å². The number of guanidine groups is 1. The molecule has 1 N–H and O–H groups in total. The van der Waals surface area contributed by atoms with Crippen LogP contribution in [0.2, 0.25) is 0 Å². The Balaban J connectivity index is 1.33. The van der Waals surface area contributed by atoms with Crippen LogP contribution in [0.25, 0.3) is 0 Å². The summed E-state index contributed by atoms with van der Waals surface area (Å²) in [4.78, 5) is 12.1. The second-order valence-electron chi connectivity index (χ2n) is 8.76. The number of likely N-dealkylation sites (N-methyl/N-ethyl adjacent to an activating group) is 1. The van der Waals surface area contributed by atoms with Gasteiger partial charge in [-0.2, -0.15) is 5.10 Å². The lowest BCUT2D eigenvalue weighted by Gasteiger charge is -2.34. The summed E-state index contributed by atoms with van der Waals surface area (Å²) in [6, 6.07) is 8.84. The van der Waals surface area contributed by atoms with Crippen LogP contribution in [0, 0.1) is 0 Å². The third-order valence-corrected chi connectivity index (χ3v) is 6.76. The van der Waals surface area contributed by atoms with Gasteiger partial charge in [-0.25, -0.2) is 0 Å². The minimum atomic E-state index is 0.529. The summed E-state index contributed by atoms with van der Waals surface area (Å²) in [6.07, 6.45) is 5.29. The fraction of sp³-hybridized carbons (Fsp3) is 0.583. The zero-order valence-electron chi connectivity index (χ0n) is 19.3. The highest BCUT2D eigenvalue weighted by atomic mass is 15.3. The molecular weight excluding hydrogens is 386 g/mol. The number of aromatic nitrogens is 2. The quantitative estimate of drug-likeness (QED) is 0.570. The standard InChI is InChI=1S/C24H37N7/c1-4-29-11-13-30(14-12-29)18-21-8-6-5-7-20(21)15-26-24(25-2)31-10-9-22(19-31)23-16-27-28(3)17-23/h5-8,16-17,22H,4,9-15,18-19H2,1-3H3,(H,25,26). The molecule has 0 spiro atoms. The molecule has 1 aromatic carbocycles. The van der Waals surface area contributed by atoms with Crippen LogP contribution >= 0.6 is 0 Å². The Morgan fingerprint density at radius 3 is 2.52 bits per heavy atom. The van der Waals surface area contributed by atoms with Crippen LogP contribution in [0.15, 0.2) is 41.7 Å². The smallest absolute Gasteiger partial charge is 0.193 e. The maximum absolute atomic E-state index is 4.58. The highest BCUT2D eigenvalue weighted by molar-refractivity contribution is 5.80. The number of nitrogens with one attached hydrogen (secondary N) is 1. The number of hydrogen-bond donors (Lipinski definition) is 1. The van der Waals surface area contributed by atoms with Crippen molar-refractivity contribution >= 4 is 5.96 Å². The number of benzene rings is 1. The molecule has 0 amide bonds. The third-order valence-electron chi connectivity index (χ3n) is 6.76. The molecule has 0 aliphatic carbocycles. The number of likely N-dealkylation sites (tertiary alicyclic amines) is 1. The molecule has 31 heavy (non-hydrogen) atoms. The van der Waals surface area contributed by atoms with E-state index >= 15 is 0 Å². The van der Waals surface area contributed by atoms with E-state index in [-0.39, 0.29) is 0 Å². The van der Waals surface area contributed by atoms with Gasteiger partial charge in [0.2, 0.25) is 0 Å². The van der Waals surface area contributed by atoms with Gasteiger partial charge >= 0.3 is 0 Å². The van der Waals surface area contributed by atoms with Crippen molar-refractivity contribution in [2.24, 2.45) is 12.0 Å². The first-order chi connectivity index (χ1) is 15.2. The van der Waals surface area contributed by atoms with Crippen LogP contribution < -0.4 is 5.32 Å². The fourth-order valence-electron chi connectivity index (χ4n) is 4.77. The number of nitrogens with zero attached hydrogens (tertiary/aromatic N) is 6. The summed E-state index contributed by atoms with van der Waals surface area (Å²) in [6.45, 7) is 11.9. The van der Waals surface area contributed by atoms with Gasteiger partial charge in [0.25, 0.3) is 0 Å². The van der Waals surface area contributed by atoms with E-state index < -0.39 is 0 Å². The molecule has 2 fully saturated rings. The molecule has 4 rings (SSSR count). The van der Waals surface area contributed by atoms with Crippen molar-refractivity contribution in [2.75, 3.05) is 52.9 Å². The van der Waals surface area contributed by atoms with Crippen molar-refractivity contribution in [1.29, 1.82) is 0 Å². The Morgan fingerprint density at radius 1 is 1.10 bits per heavy atom. The van der Waals surface area contributed by atoms with Gasteiger partial charge in [0.15, 0.2) is 5.96 Å². The Kier molecular flexibility index (Phi) is 7.25. The molecule has 1 atom stereocenters. The molecule has 7 heteroatoms. The summed E-state index contributed by atoms with van der Waals surface area (Å²) >= 11 is 0. The topological polar surface area (TPSA) is 51.9 Å². The molecule has 0 saturated carbocycles. The van der Waals surface area contributed by atoms with Crippen molar-refractivity contribution in [2.45, 2.75) is 32.4 Å². The molecule has 1 unspecified atom stereocenters. The highest BCUT2D eigenvalue weighted by Gasteiger charge is 2.27. The minimum absolute atomic E-state index is 0.529. The van der Waals surface area contributed by atoms with Crippen molar-refractivity contribution < 1.29 is 0 Å². The number of hydrogen-bond acceptors (Lipinski definition) is 4. The zero-order valence-corrected chi connectivity index (χ0v) is 19.3. The lowest BCUT2D eigenvalue weighted by molar-refractivity contribution is 0.131. The molecule has 0 bridgehead atoms. The van der Waals surface area contributed by atoms with Gasteiger partial charge in [-0.05, 0) is 29.7 Å². The Hall–Kier alpha value is -2.38. The third kappa shape index (κ3) is 5.46. The summed E-state index contributed by atoms with van der Waals surface area (Å²) in [5.74, 6) is 1.53. The second-order valence-corrected chi connectivity index (χ2v) is 8.76. The second kappa shape index (κ2) is 10.3. The van der Waals surface area contributed by atoms with E-state index in [0.717, 1.165) is 58.2 Å². The van der Waals surface area contributed by atoms with E-state index in [0.29, 0.717) is 5.92 Å². The average molecular weight is 424 g/mol. The molecule has 168 valence electrons. The lowest BCUT2D eigenvalue weighted by atomic mass is 10.0. The first-order valence-electron chi connectivity index (χ1n) is 11.6. The van der Waals surface area contributed by atoms with Gasteiger partial charge in [0.05, 0.1) is 6.20 Å². The predicted octanol–water partition coefficient (Wildman–Crippen LogP) is 2.12. The van der Waals surface area contributed by atoms with E-state index in [2.05, 4.69) is 67.5 Å². The van der Waals surface area contributed by atoms with Crippen molar-refractivity contribution in [1.82, 2.24) is 29.8 Å². The molecule has 2 saturated heterocycles. The molecule has 2 aliphatic heterocycles. The fourth-order valence-corrected chi connectivity index (χ4v) is 4.77. The van der Waals surface area contributed by atoms with Crippen molar-refractivity contribution in [3.8, 4) is 0 Å². The Bertz CT molecular complexity index is 866. The molecular formula is C24H37N7. The van der Waals surface area contributed by atoms with Gasteiger partial charge in [0, 0.05) is 78.6 Å². The van der Waals surface area contributed by atoms with Crippen LogP contribution in [-0.2, 0) is 20.1 Å². The van der Waals surface area contributed by atoms with Crippen molar-refractivity contribution in [3.63, 3.8) is 0 Å². The normalized spacial score (nSPS) is 21.1. The van der Waals surface area contributed by atoms with Crippen LogP contribution in [0.3, 0.4) is 0 Å². The lowest BCUT2D eigenvalue weighted by Crippen LogP contribution is -2.45. The van der Waals surface area contributed by atoms with E-state index in [4.69, 9.17) is 0 Å². The monoisotopic (exact) mass is 423 g/mol. The number of piperazine rings is 1. The van der Waals surface area contributed by atoms with Gasteiger partial charge in [-0.3, -0.25) is 14.6 Å². The largest absolute Gasteiger partial charge is 0.352 e. The van der Waals surface area contributed by atoms with Crippen LogP contribution in [0.4, 0.5) is 0 Å². The number of aryl methyl sites for hydroxylation is 1. The maximum Gasteiger partial charge on any atom is 0.193 e.